The Kier molecular flexibility index (Phi) is 3.69. The second-order valence-electron chi connectivity index (χ2n) is 4.68. The standard InChI is InChI=1S/C16H9F3N2O2/c1-23-16(22)8-2-3-9-10(4-8)15(21-7-11(9)17)14-12(18)5-20-6-13(14)19/h2-7H,1H3. The van der Waals surface area contributed by atoms with E-state index in [0.29, 0.717) is 0 Å². The molecule has 0 radical (unpaired) electrons. The highest BCUT2D eigenvalue weighted by Gasteiger charge is 2.19. The molecule has 0 amide bonds. The first-order chi connectivity index (χ1) is 11.0. The second-order valence-corrected chi connectivity index (χ2v) is 4.68. The van der Waals surface area contributed by atoms with Gasteiger partial charge in [-0.2, -0.15) is 0 Å². The van der Waals surface area contributed by atoms with Gasteiger partial charge in [0.1, 0.15) is 5.82 Å². The van der Waals surface area contributed by atoms with E-state index in [-0.39, 0.29) is 22.0 Å². The molecule has 0 aliphatic carbocycles. The van der Waals surface area contributed by atoms with Gasteiger partial charge in [0.15, 0.2) is 11.6 Å². The molecule has 0 bridgehead atoms. The molecular formula is C16H9F3N2O2. The molecule has 3 aromatic rings. The Balaban J connectivity index is 2.37. The van der Waals surface area contributed by atoms with E-state index in [1.165, 1.54) is 25.3 Å². The van der Waals surface area contributed by atoms with E-state index in [9.17, 15) is 18.0 Å². The number of halogens is 3. The van der Waals surface area contributed by atoms with Gasteiger partial charge in [-0.25, -0.2) is 18.0 Å². The summed E-state index contributed by atoms with van der Waals surface area (Å²) in [4.78, 5) is 18.8. The van der Waals surface area contributed by atoms with Crippen LogP contribution in [0.2, 0.25) is 0 Å². The van der Waals surface area contributed by atoms with Gasteiger partial charge in [0.05, 0.1) is 42.5 Å². The molecule has 2 aromatic heterocycles. The molecule has 116 valence electrons. The highest BCUT2D eigenvalue weighted by molar-refractivity contribution is 6.00. The van der Waals surface area contributed by atoms with Crippen molar-refractivity contribution in [3.8, 4) is 11.3 Å². The topological polar surface area (TPSA) is 52.1 Å². The van der Waals surface area contributed by atoms with Crippen molar-refractivity contribution >= 4 is 16.7 Å². The van der Waals surface area contributed by atoms with Crippen LogP contribution in [0.3, 0.4) is 0 Å². The van der Waals surface area contributed by atoms with Gasteiger partial charge in [0, 0.05) is 10.8 Å². The number of esters is 1. The van der Waals surface area contributed by atoms with Crippen LogP contribution in [0, 0.1) is 17.5 Å². The Hall–Kier alpha value is -2.96. The SMILES string of the molecule is COC(=O)c1ccc2c(F)cnc(-c3c(F)cncc3F)c2c1. The van der Waals surface area contributed by atoms with Gasteiger partial charge >= 0.3 is 5.97 Å². The van der Waals surface area contributed by atoms with Gasteiger partial charge in [-0.05, 0) is 12.1 Å². The van der Waals surface area contributed by atoms with E-state index in [2.05, 4.69) is 14.7 Å². The molecule has 0 aliphatic rings. The molecule has 0 aliphatic heterocycles. The molecule has 23 heavy (non-hydrogen) atoms. The fourth-order valence-electron chi connectivity index (χ4n) is 2.29. The van der Waals surface area contributed by atoms with Crippen LogP contribution >= 0.6 is 0 Å². The lowest BCUT2D eigenvalue weighted by Crippen LogP contribution is -2.02. The van der Waals surface area contributed by atoms with Gasteiger partial charge in [0.25, 0.3) is 0 Å². The molecule has 0 spiro atoms. The predicted octanol–water partition coefficient (Wildman–Crippen LogP) is 3.50. The van der Waals surface area contributed by atoms with Crippen LogP contribution in [0.1, 0.15) is 10.4 Å². The molecule has 1 aromatic carbocycles. The molecule has 3 rings (SSSR count). The summed E-state index contributed by atoms with van der Waals surface area (Å²) in [5.74, 6) is -3.20. The van der Waals surface area contributed by atoms with Crippen molar-refractivity contribution in [1.82, 2.24) is 9.97 Å². The fourth-order valence-corrected chi connectivity index (χ4v) is 2.29. The van der Waals surface area contributed by atoms with E-state index in [4.69, 9.17) is 0 Å². The third-order valence-electron chi connectivity index (χ3n) is 3.35. The zero-order chi connectivity index (χ0) is 16.6. The van der Waals surface area contributed by atoms with Crippen LogP contribution in [0.15, 0.2) is 36.8 Å². The van der Waals surface area contributed by atoms with E-state index < -0.39 is 29.0 Å². The molecule has 0 fully saturated rings. The summed E-state index contributed by atoms with van der Waals surface area (Å²) in [5, 5.41) is 0.176. The Morgan fingerprint density at radius 2 is 1.70 bits per heavy atom. The maximum Gasteiger partial charge on any atom is 0.337 e. The molecule has 0 unspecified atom stereocenters. The average Bonchev–Trinajstić information content (AvgIpc) is 2.55. The number of carbonyl (C=O) groups excluding carboxylic acids is 1. The largest absolute Gasteiger partial charge is 0.465 e. The molecular weight excluding hydrogens is 309 g/mol. The summed E-state index contributed by atoms with van der Waals surface area (Å²) in [6.07, 6.45) is 2.54. The van der Waals surface area contributed by atoms with Crippen LogP contribution in [-0.2, 0) is 4.74 Å². The first-order valence-electron chi connectivity index (χ1n) is 6.49. The third-order valence-corrected chi connectivity index (χ3v) is 3.35. The molecule has 0 atom stereocenters. The smallest absolute Gasteiger partial charge is 0.337 e. The van der Waals surface area contributed by atoms with E-state index >= 15 is 0 Å². The highest BCUT2D eigenvalue weighted by atomic mass is 19.1. The minimum Gasteiger partial charge on any atom is -0.465 e. The molecule has 0 saturated carbocycles. The average molecular weight is 318 g/mol. The van der Waals surface area contributed by atoms with Crippen molar-refractivity contribution in [2.45, 2.75) is 0 Å². The van der Waals surface area contributed by atoms with Crippen molar-refractivity contribution < 1.29 is 22.7 Å². The summed E-state index contributed by atoms with van der Waals surface area (Å²) in [5.41, 5.74) is -0.444. The highest BCUT2D eigenvalue weighted by Crippen LogP contribution is 2.32. The Bertz CT molecular complexity index is 908. The summed E-state index contributed by atoms with van der Waals surface area (Å²) in [6, 6.07) is 3.98. The number of rotatable bonds is 2. The minimum absolute atomic E-state index is 0.0817. The van der Waals surface area contributed by atoms with Crippen LogP contribution < -0.4 is 0 Å². The number of pyridine rings is 2. The summed E-state index contributed by atoms with van der Waals surface area (Å²) in [7, 11) is 1.19. The van der Waals surface area contributed by atoms with Crippen LogP contribution in [0.4, 0.5) is 13.2 Å². The maximum atomic E-state index is 14.0. The van der Waals surface area contributed by atoms with E-state index in [1.807, 2.05) is 0 Å². The number of hydrogen-bond donors (Lipinski definition) is 0. The molecule has 4 nitrogen and oxygen atoms in total. The lowest BCUT2D eigenvalue weighted by Gasteiger charge is -2.09. The van der Waals surface area contributed by atoms with Gasteiger partial charge in [-0.1, -0.05) is 6.07 Å². The lowest BCUT2D eigenvalue weighted by molar-refractivity contribution is 0.0601. The molecule has 0 N–H and O–H groups in total. The van der Waals surface area contributed by atoms with Crippen LogP contribution in [-0.4, -0.2) is 23.0 Å². The van der Waals surface area contributed by atoms with Gasteiger partial charge in [-0.15, -0.1) is 0 Å². The van der Waals surface area contributed by atoms with Gasteiger partial charge in [0.2, 0.25) is 0 Å². The van der Waals surface area contributed by atoms with Crippen molar-refractivity contribution in [3.63, 3.8) is 0 Å². The number of methoxy groups -OCH3 is 1. The van der Waals surface area contributed by atoms with Crippen molar-refractivity contribution in [2.75, 3.05) is 7.11 Å². The molecule has 7 heteroatoms. The monoisotopic (exact) mass is 318 g/mol. The number of hydrogen-bond acceptors (Lipinski definition) is 4. The first-order valence-corrected chi connectivity index (χ1v) is 6.49. The second kappa shape index (κ2) is 5.68. The molecule has 0 saturated heterocycles. The Morgan fingerprint density at radius 3 is 2.35 bits per heavy atom. The number of nitrogens with zero attached hydrogens (tertiary/aromatic N) is 2. The number of benzene rings is 1. The van der Waals surface area contributed by atoms with Gasteiger partial charge < -0.3 is 4.74 Å². The Morgan fingerprint density at radius 1 is 1.00 bits per heavy atom. The minimum atomic E-state index is -0.936. The lowest BCUT2D eigenvalue weighted by atomic mass is 10.0. The third kappa shape index (κ3) is 2.50. The van der Waals surface area contributed by atoms with Crippen molar-refractivity contribution in [1.29, 1.82) is 0 Å². The number of carbonyl (C=O) groups is 1. The predicted molar refractivity (Wildman–Crippen MR) is 76.2 cm³/mol. The maximum absolute atomic E-state index is 14.0. The van der Waals surface area contributed by atoms with Gasteiger partial charge in [-0.3, -0.25) is 9.97 Å². The summed E-state index contributed by atoms with van der Waals surface area (Å²) in [6.45, 7) is 0. The number of ether oxygens (including phenoxy) is 1. The quantitative estimate of drug-likeness (QED) is 0.679. The van der Waals surface area contributed by atoms with Crippen molar-refractivity contribution in [3.05, 3.63) is 59.8 Å². The summed E-state index contributed by atoms with van der Waals surface area (Å²) >= 11 is 0. The van der Waals surface area contributed by atoms with Crippen LogP contribution in [0.25, 0.3) is 22.0 Å². The number of aromatic nitrogens is 2. The normalized spacial score (nSPS) is 10.8. The number of fused-ring (bicyclic) bond motifs is 1. The Labute approximate surface area is 128 Å². The zero-order valence-electron chi connectivity index (χ0n) is 11.8. The van der Waals surface area contributed by atoms with E-state index in [1.54, 1.807) is 0 Å². The first kappa shape index (κ1) is 15.0. The van der Waals surface area contributed by atoms with E-state index in [0.717, 1.165) is 18.6 Å². The fraction of sp³-hybridized carbons (Fsp3) is 0.0625. The summed E-state index contributed by atoms with van der Waals surface area (Å²) < 4.78 is 46.4. The zero-order valence-corrected chi connectivity index (χ0v) is 11.8. The molecule has 2 heterocycles. The van der Waals surface area contributed by atoms with Crippen LogP contribution in [0.5, 0.6) is 0 Å². The van der Waals surface area contributed by atoms with Crippen molar-refractivity contribution in [2.24, 2.45) is 0 Å².